The van der Waals surface area contributed by atoms with Crippen LogP contribution in [0, 0.1) is 0 Å². The number of esters is 2. The number of aromatic nitrogens is 2. The lowest BCUT2D eigenvalue weighted by Crippen LogP contribution is -2.08. The second kappa shape index (κ2) is 7.62. The van der Waals surface area contributed by atoms with Crippen molar-refractivity contribution in [2.24, 2.45) is 0 Å². The topological polar surface area (TPSA) is 131 Å². The number of hydrogen-bond acceptors (Lipinski definition) is 11. The minimum absolute atomic E-state index is 0.135. The number of nitrogens with two attached hydrogens (primary N) is 1. The molecular weight excluding hydrogens is 382 g/mol. The molecule has 9 nitrogen and oxygen atoms in total. The molecule has 0 atom stereocenters. The number of ether oxygens (including phenoxy) is 2. The molecule has 0 aliphatic heterocycles. The van der Waals surface area contributed by atoms with E-state index in [2.05, 4.69) is 10.2 Å². The second-order valence-electron chi connectivity index (χ2n) is 4.77. The Morgan fingerprint density at radius 3 is 2.69 bits per heavy atom. The molecule has 0 amide bonds. The van der Waals surface area contributed by atoms with Crippen molar-refractivity contribution in [3.05, 3.63) is 34.4 Å². The summed E-state index contributed by atoms with van der Waals surface area (Å²) in [6.45, 7) is 0. The van der Waals surface area contributed by atoms with Gasteiger partial charge in [-0.2, -0.15) is 0 Å². The Morgan fingerprint density at radius 1 is 1.27 bits per heavy atom. The first-order valence-electron chi connectivity index (χ1n) is 7.13. The fraction of sp³-hybridized carbons (Fsp3) is 0.200. The van der Waals surface area contributed by atoms with E-state index in [9.17, 15) is 9.59 Å². The number of carbonyl (C=O) groups is 2. The molecule has 0 bridgehead atoms. The molecule has 3 aromatic rings. The number of rotatable bonds is 6. The lowest BCUT2D eigenvalue weighted by Gasteiger charge is -2.04. The fourth-order valence-electron chi connectivity index (χ4n) is 2.11. The maximum Gasteiger partial charge on any atom is 0.348 e. The zero-order valence-electron chi connectivity index (χ0n) is 13.7. The third-order valence-electron chi connectivity index (χ3n) is 3.27. The van der Waals surface area contributed by atoms with Gasteiger partial charge in [-0.25, -0.2) is 9.59 Å². The molecule has 3 rings (SSSR count). The Labute approximate surface area is 155 Å². The van der Waals surface area contributed by atoms with Crippen LogP contribution in [0.3, 0.4) is 0 Å². The largest absolute Gasteiger partial charge is 0.465 e. The Balaban J connectivity index is 1.86. The van der Waals surface area contributed by atoms with Crippen LogP contribution in [-0.2, 0) is 15.2 Å². The predicted molar refractivity (Wildman–Crippen MR) is 93.0 cm³/mol. The SMILES string of the molecule is COC(=O)c1sc(N)c(C(=O)OC)c1CSc1nnc(-c2ccco2)o1. The van der Waals surface area contributed by atoms with Gasteiger partial charge < -0.3 is 24.0 Å². The average Bonchev–Trinajstić information content (AvgIpc) is 3.37. The van der Waals surface area contributed by atoms with E-state index in [1.807, 2.05) is 0 Å². The highest BCUT2D eigenvalue weighted by atomic mass is 32.2. The molecule has 0 saturated heterocycles. The zero-order chi connectivity index (χ0) is 18.7. The van der Waals surface area contributed by atoms with Gasteiger partial charge in [-0.3, -0.25) is 0 Å². The molecule has 0 saturated carbocycles. The van der Waals surface area contributed by atoms with E-state index < -0.39 is 11.9 Å². The van der Waals surface area contributed by atoms with Gasteiger partial charge in [0.2, 0.25) is 0 Å². The quantitative estimate of drug-likeness (QED) is 0.491. The Hall–Kier alpha value is -2.79. The lowest BCUT2D eigenvalue weighted by atomic mass is 10.1. The summed E-state index contributed by atoms with van der Waals surface area (Å²) in [5.41, 5.74) is 6.42. The summed E-state index contributed by atoms with van der Waals surface area (Å²) >= 11 is 2.11. The van der Waals surface area contributed by atoms with Gasteiger partial charge in [-0.15, -0.1) is 21.5 Å². The van der Waals surface area contributed by atoms with Gasteiger partial charge in [0.25, 0.3) is 11.1 Å². The number of carbonyl (C=O) groups excluding carboxylic acids is 2. The monoisotopic (exact) mass is 395 g/mol. The van der Waals surface area contributed by atoms with Crippen LogP contribution < -0.4 is 5.73 Å². The molecule has 11 heteroatoms. The molecule has 2 N–H and O–H groups in total. The molecule has 0 aliphatic carbocycles. The van der Waals surface area contributed by atoms with Crippen LogP contribution in [0.4, 0.5) is 5.00 Å². The van der Waals surface area contributed by atoms with Crippen molar-refractivity contribution in [3.8, 4) is 11.7 Å². The average molecular weight is 395 g/mol. The highest BCUT2D eigenvalue weighted by Crippen LogP contribution is 2.36. The van der Waals surface area contributed by atoms with E-state index in [0.29, 0.717) is 11.3 Å². The van der Waals surface area contributed by atoms with Crippen LogP contribution in [0.1, 0.15) is 25.6 Å². The van der Waals surface area contributed by atoms with E-state index >= 15 is 0 Å². The van der Waals surface area contributed by atoms with Crippen molar-refractivity contribution < 1.29 is 27.9 Å². The maximum absolute atomic E-state index is 12.0. The maximum atomic E-state index is 12.0. The van der Waals surface area contributed by atoms with Crippen LogP contribution >= 0.6 is 23.1 Å². The summed E-state index contributed by atoms with van der Waals surface area (Å²) in [7, 11) is 2.49. The number of hydrogen-bond donors (Lipinski definition) is 1. The molecule has 0 aromatic carbocycles. The number of anilines is 1. The Kier molecular flexibility index (Phi) is 5.28. The van der Waals surface area contributed by atoms with Crippen LogP contribution in [0.5, 0.6) is 0 Å². The van der Waals surface area contributed by atoms with E-state index in [4.69, 9.17) is 24.0 Å². The van der Waals surface area contributed by atoms with Crippen molar-refractivity contribution in [2.45, 2.75) is 11.0 Å². The normalized spacial score (nSPS) is 10.7. The van der Waals surface area contributed by atoms with Crippen molar-refractivity contribution in [3.63, 3.8) is 0 Å². The summed E-state index contributed by atoms with van der Waals surface area (Å²) in [4.78, 5) is 24.2. The van der Waals surface area contributed by atoms with Gasteiger partial charge >= 0.3 is 11.9 Å². The molecule has 3 aromatic heterocycles. The van der Waals surface area contributed by atoms with E-state index in [1.54, 1.807) is 12.1 Å². The van der Waals surface area contributed by atoms with Gasteiger partial charge in [0.05, 0.1) is 26.0 Å². The third-order valence-corrected chi connectivity index (χ3v) is 5.16. The number of nitrogen functional groups attached to an aromatic ring is 1. The fourth-order valence-corrected chi connectivity index (χ4v) is 3.98. The smallest absolute Gasteiger partial charge is 0.348 e. The second-order valence-corrected chi connectivity index (χ2v) is 6.75. The number of thiophene rings is 1. The van der Waals surface area contributed by atoms with Gasteiger partial charge in [0, 0.05) is 11.3 Å². The van der Waals surface area contributed by atoms with Crippen LogP contribution in [0.15, 0.2) is 32.5 Å². The van der Waals surface area contributed by atoms with Crippen molar-refractivity contribution in [2.75, 3.05) is 20.0 Å². The van der Waals surface area contributed by atoms with Crippen molar-refractivity contribution >= 4 is 40.0 Å². The minimum atomic E-state index is -0.633. The standard InChI is InChI=1S/C15H13N3O6S2/c1-21-13(19)9-7(10(14(20)22-2)26-11(9)16)6-25-15-18-17-12(24-15)8-4-3-5-23-8/h3-5H,6,16H2,1-2H3. The molecule has 26 heavy (non-hydrogen) atoms. The summed E-state index contributed by atoms with van der Waals surface area (Å²) in [5, 5.41) is 8.22. The summed E-state index contributed by atoms with van der Waals surface area (Å²) in [6, 6.07) is 3.39. The Morgan fingerprint density at radius 2 is 2.04 bits per heavy atom. The van der Waals surface area contributed by atoms with Crippen LogP contribution in [-0.4, -0.2) is 36.4 Å². The third kappa shape index (κ3) is 3.44. The van der Waals surface area contributed by atoms with E-state index in [1.165, 1.54) is 20.5 Å². The summed E-state index contributed by atoms with van der Waals surface area (Å²) in [5.74, 6) is -0.374. The number of furan rings is 1. The number of thioether (sulfide) groups is 1. The van der Waals surface area contributed by atoms with Crippen molar-refractivity contribution in [1.29, 1.82) is 0 Å². The molecule has 0 unspecified atom stereocenters. The first-order chi connectivity index (χ1) is 12.5. The first-order valence-corrected chi connectivity index (χ1v) is 8.93. The van der Waals surface area contributed by atoms with E-state index in [-0.39, 0.29) is 32.3 Å². The molecule has 0 radical (unpaired) electrons. The highest BCUT2D eigenvalue weighted by molar-refractivity contribution is 7.98. The first kappa shape index (κ1) is 18.0. The van der Waals surface area contributed by atoms with Crippen LogP contribution in [0.2, 0.25) is 0 Å². The van der Waals surface area contributed by atoms with Gasteiger partial charge in [-0.1, -0.05) is 11.8 Å². The molecule has 0 spiro atoms. The highest BCUT2D eigenvalue weighted by Gasteiger charge is 2.27. The van der Waals surface area contributed by atoms with Crippen LogP contribution in [0.25, 0.3) is 11.7 Å². The molecule has 3 heterocycles. The van der Waals surface area contributed by atoms with E-state index in [0.717, 1.165) is 23.1 Å². The summed E-state index contributed by atoms with van der Waals surface area (Å²) in [6.07, 6.45) is 1.49. The Bertz CT molecular complexity index is 931. The van der Waals surface area contributed by atoms with Gasteiger partial charge in [-0.05, 0) is 12.1 Å². The van der Waals surface area contributed by atoms with Gasteiger partial charge in [0.15, 0.2) is 5.76 Å². The predicted octanol–water partition coefficient (Wildman–Crippen LogP) is 2.84. The zero-order valence-corrected chi connectivity index (χ0v) is 15.3. The number of methoxy groups -OCH3 is 2. The molecule has 0 fully saturated rings. The molecule has 136 valence electrons. The minimum Gasteiger partial charge on any atom is -0.465 e. The molecule has 0 aliphatic rings. The lowest BCUT2D eigenvalue weighted by molar-refractivity contribution is 0.0601. The summed E-state index contributed by atoms with van der Waals surface area (Å²) < 4.78 is 20.2. The van der Waals surface area contributed by atoms with Crippen molar-refractivity contribution in [1.82, 2.24) is 10.2 Å². The number of nitrogens with zero attached hydrogens (tertiary/aromatic N) is 2. The molecular formula is C15H13N3O6S2. The van der Waals surface area contributed by atoms with Gasteiger partial charge in [0.1, 0.15) is 9.88 Å².